The van der Waals surface area contributed by atoms with Crippen LogP contribution in [0.1, 0.15) is 44.6 Å². The van der Waals surface area contributed by atoms with Crippen molar-refractivity contribution in [3.63, 3.8) is 0 Å². The molecule has 0 aromatic carbocycles. The van der Waals surface area contributed by atoms with Gasteiger partial charge in [0.25, 0.3) is 0 Å². The Morgan fingerprint density at radius 3 is 2.59 bits per heavy atom. The Hall–Kier alpha value is -1.57. The van der Waals surface area contributed by atoms with Crippen molar-refractivity contribution in [1.29, 1.82) is 0 Å². The lowest BCUT2D eigenvalue weighted by Crippen LogP contribution is -2.42. The van der Waals surface area contributed by atoms with Crippen molar-refractivity contribution < 1.29 is 12.9 Å². The molecule has 1 unspecified atom stereocenters. The van der Waals surface area contributed by atoms with Crippen LogP contribution in [0.3, 0.4) is 0 Å². The van der Waals surface area contributed by atoms with Crippen LogP contribution in [0, 0.1) is 0 Å². The Balaban J connectivity index is 2.44. The molecule has 0 aliphatic rings. The first kappa shape index (κ1) is 18.5. The van der Waals surface area contributed by atoms with E-state index in [1.165, 1.54) is 6.26 Å². The van der Waals surface area contributed by atoms with Gasteiger partial charge in [-0.3, -0.25) is 4.99 Å². The van der Waals surface area contributed by atoms with Gasteiger partial charge in [-0.2, -0.15) is 0 Å². The first-order valence-corrected chi connectivity index (χ1v) is 9.37. The van der Waals surface area contributed by atoms with Crippen LogP contribution in [0.25, 0.3) is 0 Å². The Morgan fingerprint density at radius 2 is 2.09 bits per heavy atom. The summed E-state index contributed by atoms with van der Waals surface area (Å²) in [5.74, 6) is 1.81. The number of rotatable bonds is 7. The molecule has 0 spiro atoms. The fourth-order valence-corrected chi connectivity index (χ4v) is 2.53. The van der Waals surface area contributed by atoms with Crippen molar-refractivity contribution in [1.82, 2.24) is 15.8 Å². The second kappa shape index (κ2) is 8.17. The van der Waals surface area contributed by atoms with Gasteiger partial charge in [0, 0.05) is 25.4 Å². The molecule has 0 aliphatic heterocycles. The van der Waals surface area contributed by atoms with Crippen LogP contribution in [0.4, 0.5) is 0 Å². The van der Waals surface area contributed by atoms with E-state index in [9.17, 15) is 8.42 Å². The van der Waals surface area contributed by atoms with Crippen molar-refractivity contribution in [3.8, 4) is 0 Å². The maximum Gasteiger partial charge on any atom is 0.191 e. The van der Waals surface area contributed by atoms with Gasteiger partial charge >= 0.3 is 0 Å². The molecule has 0 amide bonds. The van der Waals surface area contributed by atoms with E-state index in [-0.39, 0.29) is 11.8 Å². The lowest BCUT2D eigenvalue weighted by atomic mass is 10.1. The molecule has 0 saturated carbocycles. The first-order chi connectivity index (χ1) is 10.2. The van der Waals surface area contributed by atoms with Gasteiger partial charge in [0.1, 0.15) is 9.84 Å². The lowest BCUT2D eigenvalue weighted by molar-refractivity contribution is 0.371. The van der Waals surface area contributed by atoms with Crippen molar-refractivity contribution in [3.05, 3.63) is 17.5 Å². The maximum absolute atomic E-state index is 11.2. The number of hydrogen-bond acceptors (Lipinski definition) is 5. The highest BCUT2D eigenvalue weighted by Crippen LogP contribution is 2.13. The Labute approximate surface area is 132 Å². The standard InChI is InChI=1S/C14H26N4O3S/c1-10(2)13-8-12(21-18-13)9-16-14(15-4)17-11(3)6-7-22(5,19)20/h8,10-11H,6-7,9H2,1-5H3,(H2,15,16,17). The summed E-state index contributed by atoms with van der Waals surface area (Å²) < 4.78 is 27.6. The molecule has 0 radical (unpaired) electrons. The molecular weight excluding hydrogens is 304 g/mol. The molecule has 0 aliphatic carbocycles. The van der Waals surface area contributed by atoms with E-state index in [4.69, 9.17) is 4.52 Å². The molecule has 2 N–H and O–H groups in total. The predicted molar refractivity (Wildman–Crippen MR) is 87.7 cm³/mol. The number of nitrogens with zero attached hydrogens (tertiary/aromatic N) is 2. The smallest absolute Gasteiger partial charge is 0.191 e. The first-order valence-electron chi connectivity index (χ1n) is 7.31. The van der Waals surface area contributed by atoms with Crippen molar-refractivity contribution in [2.45, 2.75) is 45.7 Å². The fourth-order valence-electron chi connectivity index (χ4n) is 1.75. The molecule has 1 atom stereocenters. The minimum absolute atomic E-state index is 0.00174. The van der Waals surface area contributed by atoms with Crippen LogP contribution in [0.2, 0.25) is 0 Å². The molecular formula is C14H26N4O3S. The molecule has 1 aromatic heterocycles. The van der Waals surface area contributed by atoms with Crippen LogP contribution in [0.15, 0.2) is 15.6 Å². The van der Waals surface area contributed by atoms with Gasteiger partial charge in [0.2, 0.25) is 0 Å². The van der Waals surface area contributed by atoms with Crippen LogP contribution in [0.5, 0.6) is 0 Å². The maximum atomic E-state index is 11.2. The average Bonchev–Trinajstić information content (AvgIpc) is 2.89. The van der Waals surface area contributed by atoms with Gasteiger partial charge in [-0.15, -0.1) is 0 Å². The number of nitrogens with one attached hydrogen (secondary N) is 2. The van der Waals surface area contributed by atoms with E-state index >= 15 is 0 Å². The Bertz CT molecular complexity index is 593. The monoisotopic (exact) mass is 330 g/mol. The van der Waals surface area contributed by atoms with Gasteiger partial charge in [-0.25, -0.2) is 8.42 Å². The molecule has 1 aromatic rings. The summed E-state index contributed by atoms with van der Waals surface area (Å²) in [7, 11) is -1.28. The van der Waals surface area contributed by atoms with Gasteiger partial charge < -0.3 is 15.2 Å². The van der Waals surface area contributed by atoms with Crippen LogP contribution >= 0.6 is 0 Å². The van der Waals surface area contributed by atoms with Crippen LogP contribution in [-0.2, 0) is 16.4 Å². The van der Waals surface area contributed by atoms with Gasteiger partial charge in [0.05, 0.1) is 18.0 Å². The summed E-state index contributed by atoms with van der Waals surface area (Å²) in [6.45, 7) is 6.50. The summed E-state index contributed by atoms with van der Waals surface area (Å²) in [6.07, 6.45) is 1.77. The minimum atomic E-state index is -2.95. The van der Waals surface area contributed by atoms with E-state index in [1.807, 2.05) is 13.0 Å². The lowest BCUT2D eigenvalue weighted by Gasteiger charge is -2.17. The van der Waals surface area contributed by atoms with E-state index in [2.05, 4.69) is 34.6 Å². The molecule has 7 nitrogen and oxygen atoms in total. The quantitative estimate of drug-likeness (QED) is 0.577. The van der Waals surface area contributed by atoms with Gasteiger partial charge in [-0.05, 0) is 19.3 Å². The normalized spacial score (nSPS) is 14.2. The summed E-state index contributed by atoms with van der Waals surface area (Å²) in [4.78, 5) is 4.11. The number of sulfone groups is 1. The van der Waals surface area contributed by atoms with E-state index in [1.54, 1.807) is 7.05 Å². The van der Waals surface area contributed by atoms with Gasteiger partial charge in [0.15, 0.2) is 11.7 Å². The zero-order valence-electron chi connectivity index (χ0n) is 13.9. The summed E-state index contributed by atoms with van der Waals surface area (Å²) in [6, 6.07) is 1.92. The van der Waals surface area contributed by atoms with Crippen LogP contribution < -0.4 is 10.6 Å². The van der Waals surface area contributed by atoms with E-state index in [0.717, 1.165) is 11.5 Å². The molecule has 8 heteroatoms. The highest BCUT2D eigenvalue weighted by Gasteiger charge is 2.11. The topological polar surface area (TPSA) is 96.6 Å². The Morgan fingerprint density at radius 1 is 1.41 bits per heavy atom. The molecule has 22 heavy (non-hydrogen) atoms. The highest BCUT2D eigenvalue weighted by molar-refractivity contribution is 7.90. The van der Waals surface area contributed by atoms with Crippen molar-refractivity contribution in [2.75, 3.05) is 19.1 Å². The third-order valence-electron chi connectivity index (χ3n) is 3.13. The van der Waals surface area contributed by atoms with E-state index in [0.29, 0.717) is 24.8 Å². The Kier molecular flexibility index (Phi) is 6.86. The van der Waals surface area contributed by atoms with Crippen molar-refractivity contribution >= 4 is 15.8 Å². The zero-order chi connectivity index (χ0) is 16.8. The summed E-state index contributed by atoms with van der Waals surface area (Å²) >= 11 is 0. The largest absolute Gasteiger partial charge is 0.359 e. The molecule has 1 heterocycles. The van der Waals surface area contributed by atoms with Crippen LogP contribution in [-0.4, -0.2) is 44.6 Å². The third kappa shape index (κ3) is 6.93. The summed E-state index contributed by atoms with van der Waals surface area (Å²) in [5.41, 5.74) is 0.918. The number of aromatic nitrogens is 1. The minimum Gasteiger partial charge on any atom is -0.359 e. The predicted octanol–water partition coefficient (Wildman–Crippen LogP) is 1.29. The van der Waals surface area contributed by atoms with Crippen molar-refractivity contribution in [2.24, 2.45) is 4.99 Å². The molecule has 1 rings (SSSR count). The number of aliphatic imine (C=N–C) groups is 1. The third-order valence-corrected chi connectivity index (χ3v) is 4.10. The number of guanidine groups is 1. The average molecular weight is 330 g/mol. The zero-order valence-corrected chi connectivity index (χ0v) is 14.7. The SMILES string of the molecule is CN=C(NCc1cc(C(C)C)no1)NC(C)CCS(C)(=O)=O. The molecule has 0 bridgehead atoms. The molecule has 0 fully saturated rings. The second-order valence-electron chi connectivity index (χ2n) is 5.76. The second-order valence-corrected chi connectivity index (χ2v) is 8.02. The van der Waals surface area contributed by atoms with E-state index < -0.39 is 9.84 Å². The van der Waals surface area contributed by atoms with Gasteiger partial charge in [-0.1, -0.05) is 19.0 Å². The fraction of sp³-hybridized carbons (Fsp3) is 0.714. The number of hydrogen-bond donors (Lipinski definition) is 2. The highest BCUT2D eigenvalue weighted by atomic mass is 32.2. The molecule has 0 saturated heterocycles. The molecule has 126 valence electrons. The summed E-state index contributed by atoms with van der Waals surface area (Å²) in [5, 5.41) is 10.3.